The van der Waals surface area contributed by atoms with E-state index in [0.717, 1.165) is 9.87 Å². The molecule has 1 aliphatic rings. The number of esters is 1. The number of nitrogens with zero attached hydrogens (tertiary/aromatic N) is 1. The number of sulfonamides is 1. The van der Waals surface area contributed by atoms with Crippen LogP contribution in [0.4, 0.5) is 0 Å². The van der Waals surface area contributed by atoms with Crippen LogP contribution < -0.4 is 9.47 Å². The molecule has 2 aromatic carbocycles. The fourth-order valence-corrected chi connectivity index (χ4v) is 5.26. The van der Waals surface area contributed by atoms with Gasteiger partial charge in [-0.25, -0.2) is 13.2 Å². The van der Waals surface area contributed by atoms with E-state index in [1.165, 1.54) is 25.3 Å². The van der Waals surface area contributed by atoms with E-state index in [1.54, 1.807) is 25.3 Å². The van der Waals surface area contributed by atoms with Crippen molar-refractivity contribution in [2.75, 3.05) is 47.1 Å². The van der Waals surface area contributed by atoms with Gasteiger partial charge in [-0.15, -0.1) is 0 Å². The molecule has 0 radical (unpaired) electrons. The van der Waals surface area contributed by atoms with Crippen molar-refractivity contribution in [3.63, 3.8) is 0 Å². The molecule has 0 aliphatic carbocycles. The van der Waals surface area contributed by atoms with Crippen molar-refractivity contribution in [3.05, 3.63) is 78.6 Å². The van der Waals surface area contributed by atoms with Crippen molar-refractivity contribution < 1.29 is 42.0 Å². The van der Waals surface area contributed by atoms with Crippen LogP contribution in [0, 0.1) is 0 Å². The Bertz CT molecular complexity index is 1190. The van der Waals surface area contributed by atoms with Crippen LogP contribution in [-0.4, -0.2) is 77.2 Å². The molecule has 0 fully saturated rings. The maximum atomic E-state index is 13.1. The molecule has 1 N–H and O–H groups in total. The molecule has 0 unspecified atom stereocenters. The first-order valence-corrected chi connectivity index (χ1v) is 13.4. The molecule has 2 atom stereocenters. The molecule has 206 valence electrons. The van der Waals surface area contributed by atoms with Crippen molar-refractivity contribution in [2.24, 2.45) is 0 Å². The smallest absolute Gasteiger partial charge is 0.373 e. The van der Waals surface area contributed by atoms with Gasteiger partial charge in [0, 0.05) is 25.4 Å². The molecular formula is C27H33NO9S. The topological polar surface area (TPSA) is 121 Å². The molecule has 0 bridgehead atoms. The van der Waals surface area contributed by atoms with Gasteiger partial charge in [-0.05, 0) is 48.0 Å². The molecule has 38 heavy (non-hydrogen) atoms. The average molecular weight is 548 g/mol. The Morgan fingerprint density at radius 1 is 1.08 bits per heavy atom. The normalized spacial score (nSPS) is 17.3. The van der Waals surface area contributed by atoms with E-state index in [2.05, 4.69) is 6.58 Å². The SMILES string of the molecule is C=CCOC(=O)C1=C[C@@H](c2ccc(OC)cc2)C[C@@H](OCCN(CCO)S(=O)(=O)c2ccc(OC)cc2)O1. The highest BCUT2D eigenvalue weighted by Gasteiger charge is 2.30. The Balaban J connectivity index is 1.71. The van der Waals surface area contributed by atoms with E-state index in [1.807, 2.05) is 24.3 Å². The Morgan fingerprint density at radius 3 is 2.29 bits per heavy atom. The van der Waals surface area contributed by atoms with Gasteiger partial charge >= 0.3 is 5.97 Å². The Morgan fingerprint density at radius 2 is 1.71 bits per heavy atom. The maximum absolute atomic E-state index is 13.1. The lowest BCUT2D eigenvalue weighted by molar-refractivity contribution is -0.160. The molecule has 1 aliphatic heterocycles. The first kappa shape index (κ1) is 29.2. The quantitative estimate of drug-likeness (QED) is 0.281. The fraction of sp³-hybridized carbons (Fsp3) is 0.370. The summed E-state index contributed by atoms with van der Waals surface area (Å²) in [6, 6.07) is 13.4. The number of allylic oxidation sites excluding steroid dienone is 1. The van der Waals surface area contributed by atoms with Gasteiger partial charge in [0.25, 0.3) is 0 Å². The highest BCUT2D eigenvalue weighted by Crippen LogP contribution is 2.32. The summed E-state index contributed by atoms with van der Waals surface area (Å²) < 4.78 is 54.5. The number of aliphatic hydroxyl groups excluding tert-OH is 1. The van der Waals surface area contributed by atoms with Crippen LogP contribution in [0.15, 0.2) is 77.9 Å². The lowest BCUT2D eigenvalue weighted by Gasteiger charge is -2.30. The largest absolute Gasteiger partial charge is 0.497 e. The second kappa shape index (κ2) is 14.0. The van der Waals surface area contributed by atoms with E-state index < -0.39 is 22.3 Å². The van der Waals surface area contributed by atoms with Gasteiger partial charge in [-0.2, -0.15) is 4.31 Å². The van der Waals surface area contributed by atoms with Gasteiger partial charge in [0.1, 0.15) is 18.1 Å². The highest BCUT2D eigenvalue weighted by molar-refractivity contribution is 7.89. The van der Waals surface area contributed by atoms with Gasteiger partial charge in [-0.1, -0.05) is 24.8 Å². The van der Waals surface area contributed by atoms with E-state index in [-0.39, 0.29) is 49.5 Å². The number of hydrogen-bond donors (Lipinski definition) is 1. The zero-order valence-corrected chi connectivity index (χ0v) is 22.3. The van der Waals surface area contributed by atoms with Crippen molar-refractivity contribution in [2.45, 2.75) is 23.5 Å². The van der Waals surface area contributed by atoms with Crippen LogP contribution in [0.2, 0.25) is 0 Å². The number of rotatable bonds is 14. The van der Waals surface area contributed by atoms with Crippen LogP contribution in [0.25, 0.3) is 0 Å². The number of ether oxygens (including phenoxy) is 5. The summed E-state index contributed by atoms with van der Waals surface area (Å²) in [4.78, 5) is 12.6. The fourth-order valence-electron chi connectivity index (χ4n) is 3.84. The summed E-state index contributed by atoms with van der Waals surface area (Å²) in [6.45, 7) is 3.01. The molecule has 3 rings (SSSR count). The molecular weight excluding hydrogens is 514 g/mol. The lowest BCUT2D eigenvalue weighted by Crippen LogP contribution is -2.37. The predicted molar refractivity (Wildman–Crippen MR) is 139 cm³/mol. The minimum atomic E-state index is -3.90. The van der Waals surface area contributed by atoms with Crippen LogP contribution in [-0.2, 0) is 29.0 Å². The summed E-state index contributed by atoms with van der Waals surface area (Å²) >= 11 is 0. The monoisotopic (exact) mass is 547 g/mol. The van der Waals surface area contributed by atoms with Crippen molar-refractivity contribution in [1.82, 2.24) is 4.31 Å². The Labute approximate surface area is 223 Å². The van der Waals surface area contributed by atoms with Gasteiger partial charge in [0.2, 0.25) is 22.1 Å². The molecule has 1 heterocycles. The van der Waals surface area contributed by atoms with Crippen molar-refractivity contribution >= 4 is 16.0 Å². The van der Waals surface area contributed by atoms with E-state index >= 15 is 0 Å². The molecule has 2 aromatic rings. The summed E-state index contributed by atoms with van der Waals surface area (Å²) in [5, 5.41) is 9.48. The molecule has 0 saturated heterocycles. The summed E-state index contributed by atoms with van der Waals surface area (Å²) in [5.41, 5.74) is 0.917. The lowest BCUT2D eigenvalue weighted by atomic mass is 9.93. The van der Waals surface area contributed by atoms with Crippen LogP contribution in [0.3, 0.4) is 0 Å². The molecule has 0 amide bonds. The zero-order valence-electron chi connectivity index (χ0n) is 21.4. The minimum Gasteiger partial charge on any atom is -0.497 e. The number of methoxy groups -OCH3 is 2. The molecule has 10 nitrogen and oxygen atoms in total. The molecule has 11 heteroatoms. The van der Waals surface area contributed by atoms with E-state index in [9.17, 15) is 18.3 Å². The number of carbonyl (C=O) groups excluding carboxylic acids is 1. The Hall–Kier alpha value is -3.38. The predicted octanol–water partition coefficient (Wildman–Crippen LogP) is 2.85. The Kier molecular flexibility index (Phi) is 10.7. The second-order valence-electron chi connectivity index (χ2n) is 8.25. The first-order chi connectivity index (χ1) is 18.3. The van der Waals surface area contributed by atoms with Crippen LogP contribution in [0.1, 0.15) is 17.9 Å². The third-order valence-electron chi connectivity index (χ3n) is 5.83. The number of benzene rings is 2. The third-order valence-corrected chi connectivity index (χ3v) is 7.74. The summed E-state index contributed by atoms with van der Waals surface area (Å²) in [6.07, 6.45) is 2.68. The zero-order chi connectivity index (χ0) is 27.5. The maximum Gasteiger partial charge on any atom is 0.373 e. The standard InChI is InChI=1S/C27H33NO9S/c1-4-16-36-27(30)25-18-21(20-5-7-22(33-2)8-6-20)19-26(37-25)35-17-14-28(13-15-29)38(31,32)24-11-9-23(34-3)10-12-24/h4-12,18,21,26,29H,1,13-17,19H2,2-3H3/t21-,26+/m1/s1. The van der Waals surface area contributed by atoms with Crippen LogP contribution in [0.5, 0.6) is 11.5 Å². The summed E-state index contributed by atoms with van der Waals surface area (Å²) in [5.74, 6) is 0.354. The highest BCUT2D eigenvalue weighted by atomic mass is 32.2. The van der Waals surface area contributed by atoms with E-state index in [0.29, 0.717) is 17.9 Å². The number of aliphatic hydroxyl groups is 1. The van der Waals surface area contributed by atoms with Gasteiger partial charge in [0.05, 0.1) is 32.3 Å². The average Bonchev–Trinajstić information content (AvgIpc) is 2.95. The van der Waals surface area contributed by atoms with Gasteiger partial charge in [0.15, 0.2) is 0 Å². The molecule has 0 aromatic heterocycles. The number of carbonyl (C=O) groups is 1. The summed E-state index contributed by atoms with van der Waals surface area (Å²) in [7, 11) is -0.825. The van der Waals surface area contributed by atoms with Crippen molar-refractivity contribution in [1.29, 1.82) is 0 Å². The first-order valence-electron chi connectivity index (χ1n) is 12.0. The van der Waals surface area contributed by atoms with Crippen LogP contribution >= 0.6 is 0 Å². The third kappa shape index (κ3) is 7.57. The minimum absolute atomic E-state index is 0.00184. The van der Waals surface area contributed by atoms with E-state index in [4.69, 9.17) is 23.7 Å². The molecule has 0 saturated carbocycles. The van der Waals surface area contributed by atoms with Crippen molar-refractivity contribution in [3.8, 4) is 11.5 Å². The van der Waals surface area contributed by atoms with Gasteiger partial charge in [-0.3, -0.25) is 0 Å². The van der Waals surface area contributed by atoms with Gasteiger partial charge < -0.3 is 28.8 Å². The number of hydrogen-bond acceptors (Lipinski definition) is 9. The molecule has 0 spiro atoms. The second-order valence-corrected chi connectivity index (χ2v) is 10.2.